The van der Waals surface area contributed by atoms with Crippen LogP contribution in [0.2, 0.25) is 0 Å². The zero-order valence-electron chi connectivity index (χ0n) is 10.3. The van der Waals surface area contributed by atoms with E-state index >= 15 is 0 Å². The molecule has 17 heavy (non-hydrogen) atoms. The third kappa shape index (κ3) is 3.30. The number of hydrogen-bond donors (Lipinski definition) is 1. The van der Waals surface area contributed by atoms with E-state index in [1.807, 2.05) is 6.92 Å². The van der Waals surface area contributed by atoms with E-state index in [0.29, 0.717) is 13.0 Å². The molecule has 0 aliphatic carbocycles. The molecule has 0 fully saturated rings. The lowest BCUT2D eigenvalue weighted by Gasteiger charge is -2.17. The summed E-state index contributed by atoms with van der Waals surface area (Å²) in [7, 11) is 0. The highest BCUT2D eigenvalue weighted by atomic mass is 16.5. The highest BCUT2D eigenvalue weighted by Gasteiger charge is 2.09. The van der Waals surface area contributed by atoms with Crippen molar-refractivity contribution in [1.82, 2.24) is 5.32 Å². The Kier molecular flexibility index (Phi) is 4.15. The summed E-state index contributed by atoms with van der Waals surface area (Å²) in [5, 5.41) is 3.36. The van der Waals surface area contributed by atoms with E-state index in [1.165, 1.54) is 16.7 Å². The Morgan fingerprint density at radius 3 is 3.12 bits per heavy atom. The first-order valence-electron chi connectivity index (χ1n) is 6.26. The summed E-state index contributed by atoms with van der Waals surface area (Å²) in [6.45, 7) is 4.31. The largest absolute Gasteiger partial charge is 0.466 e. The van der Waals surface area contributed by atoms with Crippen molar-refractivity contribution in [3.63, 3.8) is 0 Å². The summed E-state index contributed by atoms with van der Waals surface area (Å²) < 4.78 is 4.92. The van der Waals surface area contributed by atoms with Gasteiger partial charge in [0.2, 0.25) is 0 Å². The average molecular weight is 233 g/mol. The second kappa shape index (κ2) is 5.82. The first kappa shape index (κ1) is 12.1. The molecule has 0 bridgehead atoms. The summed E-state index contributed by atoms with van der Waals surface area (Å²) in [5.74, 6) is -0.108. The van der Waals surface area contributed by atoms with Crippen LogP contribution in [0.15, 0.2) is 18.2 Å². The van der Waals surface area contributed by atoms with Crippen molar-refractivity contribution in [3.8, 4) is 0 Å². The van der Waals surface area contributed by atoms with Gasteiger partial charge in [0.1, 0.15) is 0 Å². The molecule has 3 heteroatoms. The molecule has 0 atom stereocenters. The molecule has 0 unspecified atom stereocenters. The van der Waals surface area contributed by atoms with Crippen LogP contribution in [0.5, 0.6) is 0 Å². The first-order chi connectivity index (χ1) is 8.29. The third-order valence-corrected chi connectivity index (χ3v) is 3.08. The van der Waals surface area contributed by atoms with Gasteiger partial charge in [-0.3, -0.25) is 4.79 Å². The Labute approximate surface area is 102 Å². The fraction of sp³-hybridized carbons (Fsp3) is 0.500. The predicted octanol–water partition coefficient (Wildman–Crippen LogP) is 1.83. The van der Waals surface area contributed by atoms with Gasteiger partial charge in [-0.2, -0.15) is 0 Å². The van der Waals surface area contributed by atoms with Gasteiger partial charge in [0, 0.05) is 13.0 Å². The molecule has 0 aromatic heterocycles. The monoisotopic (exact) mass is 233 g/mol. The maximum atomic E-state index is 11.3. The van der Waals surface area contributed by atoms with Crippen molar-refractivity contribution in [1.29, 1.82) is 0 Å². The minimum atomic E-state index is -0.108. The summed E-state index contributed by atoms with van der Waals surface area (Å²) in [6.07, 6.45) is 2.35. The highest BCUT2D eigenvalue weighted by Crippen LogP contribution is 2.16. The molecule has 0 spiro atoms. The number of carbonyl (C=O) groups is 1. The number of esters is 1. The molecule has 2 rings (SSSR count). The normalized spacial score (nSPS) is 14.2. The first-order valence-corrected chi connectivity index (χ1v) is 6.26. The van der Waals surface area contributed by atoms with Gasteiger partial charge >= 0.3 is 5.97 Å². The topological polar surface area (TPSA) is 38.3 Å². The fourth-order valence-electron chi connectivity index (χ4n) is 2.17. The molecule has 1 aromatic carbocycles. The summed E-state index contributed by atoms with van der Waals surface area (Å²) >= 11 is 0. The zero-order chi connectivity index (χ0) is 12.1. The lowest BCUT2D eigenvalue weighted by atomic mass is 9.97. The van der Waals surface area contributed by atoms with E-state index in [0.717, 1.165) is 25.9 Å². The van der Waals surface area contributed by atoms with Crippen LogP contribution in [-0.4, -0.2) is 19.1 Å². The van der Waals surface area contributed by atoms with E-state index in [1.54, 1.807) is 0 Å². The van der Waals surface area contributed by atoms with Crippen LogP contribution in [0.1, 0.15) is 30.0 Å². The second-order valence-corrected chi connectivity index (χ2v) is 4.33. The Morgan fingerprint density at radius 2 is 2.29 bits per heavy atom. The molecule has 0 amide bonds. The molecule has 0 radical (unpaired) electrons. The third-order valence-electron chi connectivity index (χ3n) is 3.08. The van der Waals surface area contributed by atoms with Gasteiger partial charge in [-0.1, -0.05) is 18.2 Å². The van der Waals surface area contributed by atoms with Gasteiger partial charge in [0.25, 0.3) is 0 Å². The Hall–Kier alpha value is -1.35. The minimum Gasteiger partial charge on any atom is -0.466 e. The number of carbonyl (C=O) groups excluding carboxylic acids is 1. The van der Waals surface area contributed by atoms with Crippen molar-refractivity contribution in [3.05, 3.63) is 34.9 Å². The standard InChI is InChI=1S/C14H19NO2/c1-2-17-14(16)6-4-11-3-5-12-7-8-15-10-13(12)9-11/h3,5,9,15H,2,4,6-8,10H2,1H3. The highest BCUT2D eigenvalue weighted by molar-refractivity contribution is 5.69. The fourth-order valence-corrected chi connectivity index (χ4v) is 2.17. The van der Waals surface area contributed by atoms with Crippen LogP contribution in [0, 0.1) is 0 Å². The van der Waals surface area contributed by atoms with Gasteiger partial charge < -0.3 is 10.1 Å². The smallest absolute Gasteiger partial charge is 0.306 e. The molecule has 0 saturated carbocycles. The number of nitrogens with one attached hydrogen (secondary N) is 1. The number of aryl methyl sites for hydroxylation is 1. The van der Waals surface area contributed by atoms with Gasteiger partial charge in [0.15, 0.2) is 0 Å². The Bertz CT molecular complexity index is 401. The van der Waals surface area contributed by atoms with Crippen molar-refractivity contribution < 1.29 is 9.53 Å². The molecule has 1 aromatic rings. The molecule has 1 N–H and O–H groups in total. The molecule has 1 aliphatic heterocycles. The van der Waals surface area contributed by atoms with E-state index in [2.05, 4.69) is 23.5 Å². The van der Waals surface area contributed by atoms with Crippen LogP contribution < -0.4 is 5.32 Å². The predicted molar refractivity (Wildman–Crippen MR) is 66.8 cm³/mol. The number of rotatable bonds is 4. The second-order valence-electron chi connectivity index (χ2n) is 4.33. The van der Waals surface area contributed by atoms with Crippen LogP contribution in [-0.2, 0) is 28.9 Å². The molecule has 0 saturated heterocycles. The maximum absolute atomic E-state index is 11.3. The summed E-state index contributed by atoms with van der Waals surface area (Å²) in [4.78, 5) is 11.3. The number of hydrogen-bond acceptors (Lipinski definition) is 3. The van der Waals surface area contributed by atoms with E-state index < -0.39 is 0 Å². The van der Waals surface area contributed by atoms with Gasteiger partial charge in [-0.25, -0.2) is 0 Å². The Morgan fingerprint density at radius 1 is 1.41 bits per heavy atom. The summed E-state index contributed by atoms with van der Waals surface area (Å²) in [5.41, 5.74) is 4.03. The summed E-state index contributed by atoms with van der Waals surface area (Å²) in [6, 6.07) is 6.53. The quantitative estimate of drug-likeness (QED) is 0.806. The lowest BCUT2D eigenvalue weighted by Crippen LogP contribution is -2.23. The molecule has 1 heterocycles. The SMILES string of the molecule is CCOC(=O)CCc1ccc2c(c1)CNCC2. The van der Waals surface area contributed by atoms with Crippen molar-refractivity contribution >= 4 is 5.97 Å². The average Bonchev–Trinajstić information content (AvgIpc) is 2.36. The van der Waals surface area contributed by atoms with Gasteiger partial charge in [-0.15, -0.1) is 0 Å². The van der Waals surface area contributed by atoms with Crippen LogP contribution in [0.25, 0.3) is 0 Å². The van der Waals surface area contributed by atoms with Crippen molar-refractivity contribution in [2.24, 2.45) is 0 Å². The van der Waals surface area contributed by atoms with E-state index in [-0.39, 0.29) is 5.97 Å². The molecule has 92 valence electrons. The van der Waals surface area contributed by atoms with Crippen molar-refractivity contribution in [2.75, 3.05) is 13.2 Å². The van der Waals surface area contributed by atoms with Gasteiger partial charge in [0.05, 0.1) is 6.61 Å². The maximum Gasteiger partial charge on any atom is 0.306 e. The number of ether oxygens (including phenoxy) is 1. The molecular formula is C14H19NO2. The van der Waals surface area contributed by atoms with Crippen LogP contribution >= 0.6 is 0 Å². The van der Waals surface area contributed by atoms with Crippen molar-refractivity contribution in [2.45, 2.75) is 32.7 Å². The van der Waals surface area contributed by atoms with Crippen LogP contribution in [0.3, 0.4) is 0 Å². The van der Waals surface area contributed by atoms with E-state index in [9.17, 15) is 4.79 Å². The molecular weight excluding hydrogens is 214 g/mol. The van der Waals surface area contributed by atoms with Crippen LogP contribution in [0.4, 0.5) is 0 Å². The minimum absolute atomic E-state index is 0.108. The number of fused-ring (bicyclic) bond motifs is 1. The lowest BCUT2D eigenvalue weighted by molar-refractivity contribution is -0.143. The Balaban J connectivity index is 1.95. The molecule has 1 aliphatic rings. The number of benzene rings is 1. The molecule has 3 nitrogen and oxygen atoms in total. The van der Waals surface area contributed by atoms with E-state index in [4.69, 9.17) is 4.74 Å². The van der Waals surface area contributed by atoms with Gasteiger partial charge in [-0.05, 0) is 43.0 Å². The zero-order valence-corrected chi connectivity index (χ0v) is 10.3.